The van der Waals surface area contributed by atoms with E-state index >= 15 is 0 Å². The Morgan fingerprint density at radius 3 is 2.03 bits per heavy atom. The van der Waals surface area contributed by atoms with Gasteiger partial charge < -0.3 is 0 Å². The van der Waals surface area contributed by atoms with Crippen molar-refractivity contribution < 1.29 is 22.0 Å². The smallest absolute Gasteiger partial charge is 0.243 e. The van der Waals surface area contributed by atoms with Gasteiger partial charge in [-0.3, -0.25) is 9.69 Å². The van der Waals surface area contributed by atoms with E-state index in [1.807, 2.05) is 0 Å². The fraction of sp³-hybridized carbons (Fsp3) is 0.682. The average Bonchev–Trinajstić information content (AvgIpc) is 2.69. The highest BCUT2D eigenvalue weighted by Crippen LogP contribution is 2.60. The Bertz CT molecular complexity index is 922. The molecule has 4 bridgehead atoms. The molecular weight excluding hydrogens is 410 g/mol. The lowest BCUT2D eigenvalue weighted by molar-refractivity contribution is -0.145. The first kappa shape index (κ1) is 20.5. The summed E-state index contributed by atoms with van der Waals surface area (Å²) < 4.78 is 53.5. The molecule has 8 heteroatoms. The number of halogens is 2. The van der Waals surface area contributed by atoms with Crippen molar-refractivity contribution >= 4 is 15.8 Å². The van der Waals surface area contributed by atoms with Gasteiger partial charge in [0, 0.05) is 31.6 Å². The van der Waals surface area contributed by atoms with Gasteiger partial charge in [0.25, 0.3) is 0 Å². The second-order valence-corrected chi connectivity index (χ2v) is 11.8. The molecule has 4 saturated carbocycles. The Hall–Kier alpha value is -1.38. The third-order valence-electron chi connectivity index (χ3n) is 7.86. The maximum absolute atomic E-state index is 13.5. The van der Waals surface area contributed by atoms with Crippen LogP contribution >= 0.6 is 0 Å². The molecular formula is C22H28F2N2O3S. The van der Waals surface area contributed by atoms with Crippen molar-refractivity contribution in [2.24, 2.45) is 23.2 Å². The predicted octanol–water partition coefficient (Wildman–Crippen LogP) is 3.06. The van der Waals surface area contributed by atoms with E-state index in [2.05, 4.69) is 4.90 Å². The number of carbonyl (C=O) groups excluding carboxylic acids is 1. The van der Waals surface area contributed by atoms with Gasteiger partial charge in [-0.2, -0.15) is 4.31 Å². The fourth-order valence-corrected chi connectivity index (χ4v) is 8.17. The van der Waals surface area contributed by atoms with Gasteiger partial charge in [-0.05, 0) is 74.5 Å². The van der Waals surface area contributed by atoms with E-state index in [-0.39, 0.29) is 23.4 Å². The number of Topliss-reactive ketones (excluding diaryl/α,β-unsaturated/α-hetero) is 1. The van der Waals surface area contributed by atoms with Crippen LogP contribution in [0, 0.1) is 34.8 Å². The number of sulfonamides is 1. The highest BCUT2D eigenvalue weighted by Gasteiger charge is 2.54. The largest absolute Gasteiger partial charge is 0.298 e. The number of piperazine rings is 1. The number of nitrogens with zero attached hydrogens (tertiary/aromatic N) is 2. The third kappa shape index (κ3) is 3.50. The van der Waals surface area contributed by atoms with Crippen LogP contribution in [-0.2, 0) is 14.8 Å². The zero-order valence-corrected chi connectivity index (χ0v) is 17.8. The number of rotatable bonds is 5. The van der Waals surface area contributed by atoms with Crippen molar-refractivity contribution in [3.05, 3.63) is 29.8 Å². The third-order valence-corrected chi connectivity index (χ3v) is 9.75. The molecule has 164 valence electrons. The number of benzene rings is 1. The zero-order chi connectivity index (χ0) is 21.1. The molecule has 0 atom stereocenters. The molecule has 6 rings (SSSR count). The summed E-state index contributed by atoms with van der Waals surface area (Å²) in [5.74, 6) is 0.270. The van der Waals surface area contributed by atoms with E-state index in [1.165, 1.54) is 23.6 Å². The minimum Gasteiger partial charge on any atom is -0.298 e. The van der Waals surface area contributed by atoms with E-state index in [0.29, 0.717) is 25.4 Å². The molecule has 5 nitrogen and oxygen atoms in total. The molecule has 0 N–H and O–H groups in total. The quantitative estimate of drug-likeness (QED) is 0.709. The van der Waals surface area contributed by atoms with Crippen LogP contribution in [0.25, 0.3) is 0 Å². The minimum atomic E-state index is -3.87. The summed E-state index contributed by atoms with van der Waals surface area (Å²) in [6.45, 7) is 1.83. The lowest BCUT2D eigenvalue weighted by atomic mass is 9.48. The van der Waals surface area contributed by atoms with Crippen molar-refractivity contribution in [1.29, 1.82) is 0 Å². The minimum absolute atomic E-state index is 0.135. The molecule has 0 amide bonds. The topological polar surface area (TPSA) is 57.7 Å². The molecule has 1 aromatic rings. The first-order valence-corrected chi connectivity index (χ1v) is 12.4. The van der Waals surface area contributed by atoms with Crippen molar-refractivity contribution in [2.75, 3.05) is 32.7 Å². The number of hydrogen-bond donors (Lipinski definition) is 0. The summed E-state index contributed by atoms with van der Waals surface area (Å²) in [7, 11) is -3.87. The fourth-order valence-electron chi connectivity index (χ4n) is 6.74. The SMILES string of the molecule is O=C(CN1CCN(S(=O)(=O)c2ccc(F)c(F)c2)CC1)C12CC3CC(CC(C3)C1)C2. The van der Waals surface area contributed by atoms with Gasteiger partial charge in [0.1, 0.15) is 0 Å². The van der Waals surface area contributed by atoms with Gasteiger partial charge in [0.15, 0.2) is 17.4 Å². The van der Waals surface area contributed by atoms with Crippen LogP contribution in [-0.4, -0.2) is 56.1 Å². The molecule has 30 heavy (non-hydrogen) atoms. The molecule has 1 aromatic carbocycles. The highest BCUT2D eigenvalue weighted by molar-refractivity contribution is 7.89. The summed E-state index contributed by atoms with van der Waals surface area (Å²) in [4.78, 5) is 15.1. The van der Waals surface area contributed by atoms with Crippen LogP contribution in [0.5, 0.6) is 0 Å². The van der Waals surface area contributed by atoms with E-state index in [4.69, 9.17) is 0 Å². The van der Waals surface area contributed by atoms with Gasteiger partial charge in [0.2, 0.25) is 10.0 Å². The Balaban J connectivity index is 1.21. The normalized spacial score (nSPS) is 34.4. The second kappa shape index (κ2) is 7.35. The standard InChI is InChI=1S/C22H28F2N2O3S/c23-19-2-1-18(10-20(19)24)30(28,29)26-5-3-25(4-6-26)14-21(27)22-11-15-7-16(12-22)9-17(8-15)13-22/h1-2,10,15-17H,3-9,11-14H2. The van der Waals surface area contributed by atoms with Crippen molar-refractivity contribution in [1.82, 2.24) is 9.21 Å². The number of hydrogen-bond acceptors (Lipinski definition) is 4. The van der Waals surface area contributed by atoms with E-state index in [9.17, 15) is 22.0 Å². The van der Waals surface area contributed by atoms with Gasteiger partial charge >= 0.3 is 0 Å². The lowest BCUT2D eigenvalue weighted by Gasteiger charge is -2.56. The van der Waals surface area contributed by atoms with Gasteiger partial charge in [-0.25, -0.2) is 17.2 Å². The van der Waals surface area contributed by atoms with Crippen LogP contribution in [0.1, 0.15) is 38.5 Å². The summed E-state index contributed by atoms with van der Waals surface area (Å²) in [5.41, 5.74) is -0.135. The van der Waals surface area contributed by atoms with E-state index in [0.717, 1.165) is 55.2 Å². The van der Waals surface area contributed by atoms with Crippen LogP contribution in [0.2, 0.25) is 0 Å². The molecule has 1 aliphatic heterocycles. The maximum atomic E-state index is 13.5. The highest BCUT2D eigenvalue weighted by atomic mass is 32.2. The first-order valence-electron chi connectivity index (χ1n) is 11.0. The molecule has 0 spiro atoms. The molecule has 5 fully saturated rings. The Morgan fingerprint density at radius 1 is 0.933 bits per heavy atom. The predicted molar refractivity (Wildman–Crippen MR) is 107 cm³/mol. The van der Waals surface area contributed by atoms with Crippen LogP contribution in [0.4, 0.5) is 8.78 Å². The number of carbonyl (C=O) groups is 1. The van der Waals surface area contributed by atoms with Crippen molar-refractivity contribution in [3.8, 4) is 0 Å². The van der Waals surface area contributed by atoms with Gasteiger partial charge in [-0.1, -0.05) is 0 Å². The summed E-state index contributed by atoms with van der Waals surface area (Å²) in [6.07, 6.45) is 7.03. The molecule has 5 aliphatic rings. The van der Waals surface area contributed by atoms with Crippen molar-refractivity contribution in [3.63, 3.8) is 0 Å². The van der Waals surface area contributed by atoms with E-state index < -0.39 is 21.7 Å². The Kier molecular flexibility index (Phi) is 5.02. The van der Waals surface area contributed by atoms with Crippen LogP contribution < -0.4 is 0 Å². The van der Waals surface area contributed by atoms with Gasteiger partial charge in [0.05, 0.1) is 11.4 Å². The average molecular weight is 439 g/mol. The molecule has 0 aromatic heterocycles. The molecule has 1 heterocycles. The number of ketones is 1. The zero-order valence-electron chi connectivity index (χ0n) is 17.0. The summed E-state index contributed by atoms with van der Waals surface area (Å²) >= 11 is 0. The summed E-state index contributed by atoms with van der Waals surface area (Å²) in [6, 6.07) is 2.66. The molecule has 0 unspecified atom stereocenters. The van der Waals surface area contributed by atoms with Gasteiger partial charge in [-0.15, -0.1) is 0 Å². The monoisotopic (exact) mass is 438 g/mol. The first-order chi connectivity index (χ1) is 14.2. The molecule has 4 aliphatic carbocycles. The lowest BCUT2D eigenvalue weighted by Crippen LogP contribution is -2.55. The van der Waals surface area contributed by atoms with E-state index in [1.54, 1.807) is 0 Å². The maximum Gasteiger partial charge on any atom is 0.243 e. The van der Waals surface area contributed by atoms with Crippen LogP contribution in [0.15, 0.2) is 23.1 Å². The Labute approximate surface area is 176 Å². The second-order valence-electron chi connectivity index (χ2n) is 9.88. The van der Waals surface area contributed by atoms with Crippen LogP contribution in [0.3, 0.4) is 0 Å². The Morgan fingerprint density at radius 2 is 1.50 bits per heavy atom. The molecule has 0 radical (unpaired) electrons. The summed E-state index contributed by atoms with van der Waals surface area (Å²) in [5, 5.41) is 0. The molecule has 1 saturated heterocycles. The van der Waals surface area contributed by atoms with Crippen molar-refractivity contribution in [2.45, 2.75) is 43.4 Å².